The van der Waals surface area contributed by atoms with Crippen molar-refractivity contribution in [2.24, 2.45) is 0 Å². The average Bonchev–Trinajstić information content (AvgIpc) is 2.79. The molecule has 0 atom stereocenters. The Balaban J connectivity index is 1.59. The van der Waals surface area contributed by atoms with Crippen LogP contribution in [-0.4, -0.2) is 29.4 Å². The van der Waals surface area contributed by atoms with Crippen molar-refractivity contribution in [2.45, 2.75) is 19.8 Å². The zero-order chi connectivity index (χ0) is 22.9. The topological polar surface area (TPSA) is 76.0 Å². The summed E-state index contributed by atoms with van der Waals surface area (Å²) in [6.45, 7) is 2.77. The number of carboxylic acid groups (broad SMARTS) is 1. The number of aryl methyl sites for hydroxylation is 1. The molecule has 0 spiro atoms. The molecule has 2 N–H and O–H groups in total. The van der Waals surface area contributed by atoms with Crippen molar-refractivity contribution < 1.29 is 28.9 Å². The number of phenolic OH excluding ortho intramolecular Hbond substituents is 1. The van der Waals surface area contributed by atoms with Crippen molar-refractivity contribution in [3.8, 4) is 28.4 Å². The van der Waals surface area contributed by atoms with Crippen molar-refractivity contribution in [3.63, 3.8) is 0 Å². The van der Waals surface area contributed by atoms with Gasteiger partial charge in [0.1, 0.15) is 23.1 Å². The quantitative estimate of drug-likeness (QED) is 0.315. The molecule has 0 bridgehead atoms. The molecule has 0 heterocycles. The second-order valence-electron chi connectivity index (χ2n) is 7.10. The fourth-order valence-corrected chi connectivity index (χ4v) is 3.22. The van der Waals surface area contributed by atoms with Crippen LogP contribution in [0.2, 0.25) is 0 Å². The van der Waals surface area contributed by atoms with E-state index in [2.05, 4.69) is 0 Å². The third kappa shape index (κ3) is 6.11. The predicted octanol–water partition coefficient (Wildman–Crippen LogP) is 5.71. The lowest BCUT2D eigenvalue weighted by atomic mass is 10.00. The lowest BCUT2D eigenvalue weighted by Crippen LogP contribution is -2.06. The Labute approximate surface area is 186 Å². The second-order valence-corrected chi connectivity index (χ2v) is 7.10. The van der Waals surface area contributed by atoms with Crippen LogP contribution in [0.1, 0.15) is 24.5 Å². The summed E-state index contributed by atoms with van der Waals surface area (Å²) in [4.78, 5) is 10.7. The lowest BCUT2D eigenvalue weighted by Gasteiger charge is -2.15. The number of benzene rings is 3. The number of carboxylic acids is 1. The van der Waals surface area contributed by atoms with E-state index in [0.29, 0.717) is 48.7 Å². The Morgan fingerprint density at radius 2 is 1.69 bits per heavy atom. The Kier molecular flexibility index (Phi) is 7.86. The van der Waals surface area contributed by atoms with Gasteiger partial charge in [-0.1, -0.05) is 37.3 Å². The number of ether oxygens (including phenoxy) is 2. The summed E-state index contributed by atoms with van der Waals surface area (Å²) in [5.74, 6) is -0.0827. The van der Waals surface area contributed by atoms with Gasteiger partial charge in [-0.2, -0.15) is 0 Å². The third-order valence-electron chi connectivity index (χ3n) is 4.84. The Morgan fingerprint density at radius 1 is 1.00 bits per heavy atom. The molecule has 0 amide bonds. The minimum absolute atomic E-state index is 0.0687. The molecule has 166 valence electrons. The molecule has 0 aromatic heterocycles. The minimum Gasteiger partial charge on any atom is -0.507 e. The largest absolute Gasteiger partial charge is 0.507 e. The summed E-state index contributed by atoms with van der Waals surface area (Å²) >= 11 is 0. The van der Waals surface area contributed by atoms with E-state index in [1.807, 2.05) is 25.1 Å². The molecule has 5 nitrogen and oxygen atoms in total. The highest BCUT2D eigenvalue weighted by atomic mass is 19.1. The van der Waals surface area contributed by atoms with Crippen LogP contribution in [0.4, 0.5) is 4.39 Å². The van der Waals surface area contributed by atoms with Gasteiger partial charge in [-0.25, -0.2) is 9.18 Å². The van der Waals surface area contributed by atoms with Crippen molar-refractivity contribution in [1.29, 1.82) is 0 Å². The first kappa shape index (κ1) is 22.9. The number of hydrogen-bond acceptors (Lipinski definition) is 4. The van der Waals surface area contributed by atoms with Crippen LogP contribution in [0.5, 0.6) is 17.2 Å². The van der Waals surface area contributed by atoms with Crippen LogP contribution in [0, 0.1) is 5.82 Å². The first-order valence-corrected chi connectivity index (χ1v) is 10.4. The smallest absolute Gasteiger partial charge is 0.328 e. The van der Waals surface area contributed by atoms with E-state index in [4.69, 9.17) is 14.6 Å². The van der Waals surface area contributed by atoms with E-state index in [0.717, 1.165) is 17.2 Å². The highest BCUT2D eigenvalue weighted by molar-refractivity contribution is 5.85. The van der Waals surface area contributed by atoms with E-state index in [1.165, 1.54) is 18.2 Å². The number of aromatic hydroxyl groups is 1. The van der Waals surface area contributed by atoms with Crippen molar-refractivity contribution in [3.05, 3.63) is 83.7 Å². The fraction of sp³-hybridized carbons (Fsp3) is 0.192. The summed E-state index contributed by atoms with van der Waals surface area (Å²) < 4.78 is 24.8. The minimum atomic E-state index is -1.02. The van der Waals surface area contributed by atoms with Gasteiger partial charge in [0.25, 0.3) is 0 Å². The zero-order valence-electron chi connectivity index (χ0n) is 17.8. The van der Waals surface area contributed by atoms with Crippen molar-refractivity contribution in [1.82, 2.24) is 0 Å². The van der Waals surface area contributed by atoms with E-state index in [9.17, 15) is 14.3 Å². The number of rotatable bonds is 10. The number of hydrogen-bond donors (Lipinski definition) is 2. The van der Waals surface area contributed by atoms with Gasteiger partial charge in [-0.05, 0) is 47.9 Å². The number of carbonyl (C=O) groups is 1. The summed E-state index contributed by atoms with van der Waals surface area (Å²) in [7, 11) is 0. The average molecular weight is 436 g/mol. The van der Waals surface area contributed by atoms with Gasteiger partial charge in [-0.15, -0.1) is 0 Å². The first-order chi connectivity index (χ1) is 15.5. The van der Waals surface area contributed by atoms with Gasteiger partial charge in [0, 0.05) is 29.7 Å². The van der Waals surface area contributed by atoms with Crippen LogP contribution >= 0.6 is 0 Å². The molecule has 3 aromatic carbocycles. The van der Waals surface area contributed by atoms with Gasteiger partial charge in [0.05, 0.1) is 13.2 Å². The summed E-state index contributed by atoms with van der Waals surface area (Å²) in [5, 5.41) is 19.3. The van der Waals surface area contributed by atoms with Gasteiger partial charge >= 0.3 is 5.97 Å². The van der Waals surface area contributed by atoms with Crippen molar-refractivity contribution >= 4 is 12.0 Å². The predicted molar refractivity (Wildman–Crippen MR) is 122 cm³/mol. The second kappa shape index (κ2) is 11.0. The third-order valence-corrected chi connectivity index (χ3v) is 4.84. The molecule has 3 rings (SSSR count). The van der Waals surface area contributed by atoms with E-state index in [1.54, 1.807) is 30.3 Å². The Hall–Kier alpha value is -3.80. The van der Waals surface area contributed by atoms with Gasteiger partial charge < -0.3 is 19.7 Å². The molecule has 0 saturated heterocycles. The highest BCUT2D eigenvalue weighted by Gasteiger charge is 2.12. The zero-order valence-corrected chi connectivity index (χ0v) is 17.8. The molecule has 0 aliphatic heterocycles. The maximum atomic E-state index is 13.2. The monoisotopic (exact) mass is 436 g/mol. The molecule has 0 aliphatic carbocycles. The molecule has 0 fully saturated rings. The van der Waals surface area contributed by atoms with Crippen LogP contribution in [0.15, 0.2) is 66.7 Å². The molecule has 0 radical (unpaired) electrons. The SMILES string of the molecule is CCc1cc(-c2ccc(F)cc2)c(O)cc1OCCCOc1ccccc1/C=C/C(=O)O. The molecule has 0 saturated carbocycles. The lowest BCUT2D eigenvalue weighted by molar-refractivity contribution is -0.131. The molecule has 32 heavy (non-hydrogen) atoms. The molecule has 3 aromatic rings. The summed E-state index contributed by atoms with van der Waals surface area (Å²) in [6.07, 6.45) is 3.87. The molecule has 0 unspecified atom stereocenters. The molecular formula is C26H25FO5. The molecule has 6 heteroatoms. The Bertz CT molecular complexity index is 1090. The summed E-state index contributed by atoms with van der Waals surface area (Å²) in [6, 6.07) is 16.6. The van der Waals surface area contributed by atoms with E-state index in [-0.39, 0.29) is 11.6 Å². The van der Waals surface area contributed by atoms with Crippen LogP contribution < -0.4 is 9.47 Å². The number of phenols is 1. The van der Waals surface area contributed by atoms with Gasteiger partial charge in [0.2, 0.25) is 0 Å². The van der Waals surface area contributed by atoms with Gasteiger partial charge in [0.15, 0.2) is 0 Å². The standard InChI is InChI=1S/C26H25FO5/c1-2-18-16-22(19-8-11-21(27)12-9-19)23(28)17-25(18)32-15-5-14-31-24-7-4-3-6-20(24)10-13-26(29)30/h3-4,6-13,16-17,28H,2,5,14-15H2,1H3,(H,29,30)/b13-10+. The molecule has 0 aliphatic rings. The maximum Gasteiger partial charge on any atom is 0.328 e. The maximum absolute atomic E-state index is 13.2. The first-order valence-electron chi connectivity index (χ1n) is 10.4. The van der Waals surface area contributed by atoms with Crippen LogP contribution in [0.3, 0.4) is 0 Å². The van der Waals surface area contributed by atoms with Crippen LogP contribution in [0.25, 0.3) is 17.2 Å². The highest BCUT2D eigenvalue weighted by Crippen LogP contribution is 2.36. The Morgan fingerprint density at radius 3 is 2.38 bits per heavy atom. The van der Waals surface area contributed by atoms with Crippen molar-refractivity contribution in [2.75, 3.05) is 13.2 Å². The van der Waals surface area contributed by atoms with E-state index < -0.39 is 5.97 Å². The fourth-order valence-electron chi connectivity index (χ4n) is 3.22. The molecular weight excluding hydrogens is 411 g/mol. The summed E-state index contributed by atoms with van der Waals surface area (Å²) in [5.41, 5.74) is 2.98. The van der Waals surface area contributed by atoms with Crippen LogP contribution in [-0.2, 0) is 11.2 Å². The van der Waals surface area contributed by atoms with Gasteiger partial charge in [-0.3, -0.25) is 0 Å². The number of aliphatic carboxylic acids is 1. The number of para-hydroxylation sites is 1. The number of halogens is 1. The van der Waals surface area contributed by atoms with E-state index >= 15 is 0 Å². The normalized spacial score (nSPS) is 10.9.